The molecule has 2 saturated heterocycles. The van der Waals surface area contributed by atoms with Crippen molar-refractivity contribution in [3.63, 3.8) is 0 Å². The van der Waals surface area contributed by atoms with Gasteiger partial charge >= 0.3 is 0 Å². The van der Waals surface area contributed by atoms with Crippen LogP contribution in [0, 0.1) is 0 Å². The van der Waals surface area contributed by atoms with Gasteiger partial charge in [0.05, 0.1) is 6.54 Å². The summed E-state index contributed by atoms with van der Waals surface area (Å²) in [6, 6.07) is 0. The summed E-state index contributed by atoms with van der Waals surface area (Å²) in [5.41, 5.74) is 0. The molecule has 2 rings (SSSR count). The van der Waals surface area contributed by atoms with Crippen LogP contribution in [-0.4, -0.2) is 55.7 Å². The normalized spacial score (nSPS) is 25.4. The van der Waals surface area contributed by atoms with E-state index < -0.39 is 10.2 Å². The van der Waals surface area contributed by atoms with Crippen LogP contribution in [0.4, 0.5) is 0 Å². The van der Waals surface area contributed by atoms with Crippen molar-refractivity contribution in [2.24, 2.45) is 0 Å². The summed E-state index contributed by atoms with van der Waals surface area (Å²) in [5, 5.41) is 2.62. The SMILES string of the molecule is O=C1CN(S(=O)(=O)N2CCCCC2)CCN1. The maximum atomic E-state index is 12.2. The Morgan fingerprint density at radius 1 is 1.00 bits per heavy atom. The van der Waals surface area contributed by atoms with Crippen LogP contribution in [0.25, 0.3) is 0 Å². The summed E-state index contributed by atoms with van der Waals surface area (Å²) in [4.78, 5) is 11.2. The number of amides is 1. The van der Waals surface area contributed by atoms with E-state index in [1.54, 1.807) is 0 Å². The maximum absolute atomic E-state index is 12.2. The van der Waals surface area contributed by atoms with Crippen molar-refractivity contribution in [1.29, 1.82) is 0 Å². The fourth-order valence-corrected chi connectivity index (χ4v) is 3.72. The Hall–Kier alpha value is -0.660. The molecule has 0 unspecified atom stereocenters. The van der Waals surface area contributed by atoms with E-state index in [0.717, 1.165) is 19.3 Å². The zero-order chi connectivity index (χ0) is 11.6. The first-order valence-corrected chi connectivity index (χ1v) is 7.02. The highest BCUT2D eigenvalue weighted by molar-refractivity contribution is 7.86. The van der Waals surface area contributed by atoms with E-state index in [-0.39, 0.29) is 12.5 Å². The minimum atomic E-state index is -3.41. The first-order chi connectivity index (χ1) is 7.60. The number of rotatable bonds is 2. The Morgan fingerprint density at radius 2 is 1.69 bits per heavy atom. The Bertz CT molecular complexity index is 362. The van der Waals surface area contributed by atoms with Gasteiger partial charge in [-0.15, -0.1) is 0 Å². The Labute approximate surface area is 95.8 Å². The molecule has 0 bridgehead atoms. The molecule has 0 aromatic heterocycles. The third-order valence-corrected chi connectivity index (χ3v) is 4.95. The van der Waals surface area contributed by atoms with Crippen LogP contribution in [0.1, 0.15) is 19.3 Å². The molecule has 1 amide bonds. The van der Waals surface area contributed by atoms with Crippen molar-refractivity contribution in [1.82, 2.24) is 13.9 Å². The molecule has 2 fully saturated rings. The number of hydrogen-bond donors (Lipinski definition) is 1. The number of hydrogen-bond acceptors (Lipinski definition) is 3. The minimum Gasteiger partial charge on any atom is -0.354 e. The van der Waals surface area contributed by atoms with Gasteiger partial charge in [-0.05, 0) is 12.8 Å². The molecule has 2 aliphatic heterocycles. The van der Waals surface area contributed by atoms with Crippen LogP contribution in [0.2, 0.25) is 0 Å². The van der Waals surface area contributed by atoms with Crippen molar-refractivity contribution in [2.75, 3.05) is 32.7 Å². The van der Waals surface area contributed by atoms with Crippen LogP contribution < -0.4 is 5.32 Å². The van der Waals surface area contributed by atoms with Crippen molar-refractivity contribution in [3.8, 4) is 0 Å². The number of piperidine rings is 1. The lowest BCUT2D eigenvalue weighted by Gasteiger charge is -2.33. The number of carbonyl (C=O) groups excluding carboxylic acids is 1. The average Bonchev–Trinajstić information content (AvgIpc) is 2.30. The molecule has 92 valence electrons. The molecule has 16 heavy (non-hydrogen) atoms. The van der Waals surface area contributed by atoms with Gasteiger partial charge in [0.15, 0.2) is 0 Å². The quantitative estimate of drug-likeness (QED) is 0.691. The highest BCUT2D eigenvalue weighted by Crippen LogP contribution is 2.16. The van der Waals surface area contributed by atoms with E-state index >= 15 is 0 Å². The standard InChI is InChI=1S/C9H17N3O3S/c13-9-8-12(7-4-10-9)16(14,15)11-5-2-1-3-6-11/h1-8H2,(H,10,13). The van der Waals surface area contributed by atoms with Gasteiger partial charge in [0.2, 0.25) is 5.91 Å². The molecular weight excluding hydrogens is 230 g/mol. The second kappa shape index (κ2) is 4.68. The maximum Gasteiger partial charge on any atom is 0.282 e. The van der Waals surface area contributed by atoms with Crippen LogP contribution in [0.15, 0.2) is 0 Å². The Kier molecular flexibility index (Phi) is 3.46. The predicted octanol–water partition coefficient (Wildman–Crippen LogP) is -0.851. The van der Waals surface area contributed by atoms with Gasteiger partial charge in [-0.1, -0.05) is 6.42 Å². The zero-order valence-electron chi connectivity index (χ0n) is 9.18. The van der Waals surface area contributed by atoms with Crippen LogP contribution in [0.5, 0.6) is 0 Å². The Balaban J connectivity index is 2.07. The van der Waals surface area contributed by atoms with Gasteiger partial charge in [0.1, 0.15) is 0 Å². The van der Waals surface area contributed by atoms with Gasteiger partial charge in [-0.3, -0.25) is 4.79 Å². The lowest BCUT2D eigenvalue weighted by Crippen LogP contribution is -2.54. The largest absolute Gasteiger partial charge is 0.354 e. The number of nitrogens with one attached hydrogen (secondary N) is 1. The topological polar surface area (TPSA) is 69.7 Å². The van der Waals surface area contributed by atoms with Crippen molar-refractivity contribution in [2.45, 2.75) is 19.3 Å². The summed E-state index contributed by atoms with van der Waals surface area (Å²) in [5.74, 6) is -0.216. The van der Waals surface area contributed by atoms with E-state index in [4.69, 9.17) is 0 Å². The van der Waals surface area contributed by atoms with Crippen LogP contribution >= 0.6 is 0 Å². The molecule has 6 nitrogen and oxygen atoms in total. The fourth-order valence-electron chi connectivity index (χ4n) is 2.07. The second-order valence-electron chi connectivity index (χ2n) is 4.15. The molecule has 1 N–H and O–H groups in total. The van der Waals surface area contributed by atoms with Crippen molar-refractivity contribution < 1.29 is 13.2 Å². The van der Waals surface area contributed by atoms with Gasteiger partial charge in [-0.25, -0.2) is 0 Å². The molecule has 7 heteroatoms. The molecule has 2 heterocycles. The van der Waals surface area contributed by atoms with Crippen molar-refractivity contribution >= 4 is 16.1 Å². The molecule has 0 saturated carbocycles. The minimum absolute atomic E-state index is 0.0428. The smallest absolute Gasteiger partial charge is 0.282 e. The number of piperazine rings is 1. The summed E-state index contributed by atoms with van der Waals surface area (Å²) in [6.07, 6.45) is 2.92. The second-order valence-corrected chi connectivity index (χ2v) is 6.08. The summed E-state index contributed by atoms with van der Waals surface area (Å²) < 4.78 is 27.1. The summed E-state index contributed by atoms with van der Waals surface area (Å²) in [7, 11) is -3.41. The highest BCUT2D eigenvalue weighted by Gasteiger charge is 2.33. The van der Waals surface area contributed by atoms with E-state index in [2.05, 4.69) is 5.32 Å². The van der Waals surface area contributed by atoms with E-state index in [1.165, 1.54) is 8.61 Å². The van der Waals surface area contributed by atoms with Gasteiger partial charge in [0.25, 0.3) is 10.2 Å². The molecule has 0 aromatic carbocycles. The zero-order valence-corrected chi connectivity index (χ0v) is 10.0. The number of carbonyl (C=O) groups is 1. The van der Waals surface area contributed by atoms with Gasteiger partial charge in [0, 0.05) is 26.2 Å². The molecule has 2 aliphatic rings. The Morgan fingerprint density at radius 3 is 2.31 bits per heavy atom. The first-order valence-electron chi connectivity index (χ1n) is 5.62. The van der Waals surface area contributed by atoms with Crippen LogP contribution in [-0.2, 0) is 15.0 Å². The molecule has 0 radical (unpaired) electrons. The molecule has 0 aliphatic carbocycles. The average molecular weight is 247 g/mol. The van der Waals surface area contributed by atoms with E-state index in [0.29, 0.717) is 26.2 Å². The molecule has 0 spiro atoms. The van der Waals surface area contributed by atoms with E-state index in [9.17, 15) is 13.2 Å². The van der Waals surface area contributed by atoms with Gasteiger partial charge in [-0.2, -0.15) is 17.0 Å². The van der Waals surface area contributed by atoms with Crippen LogP contribution in [0.3, 0.4) is 0 Å². The van der Waals surface area contributed by atoms with Gasteiger partial charge < -0.3 is 5.32 Å². The monoisotopic (exact) mass is 247 g/mol. The lowest BCUT2D eigenvalue weighted by molar-refractivity contribution is -0.122. The number of nitrogens with zero attached hydrogens (tertiary/aromatic N) is 2. The molecule has 0 aromatic rings. The lowest BCUT2D eigenvalue weighted by atomic mass is 10.2. The molecular formula is C9H17N3O3S. The third-order valence-electron chi connectivity index (χ3n) is 2.97. The fraction of sp³-hybridized carbons (Fsp3) is 0.889. The summed E-state index contributed by atoms with van der Waals surface area (Å²) >= 11 is 0. The highest BCUT2D eigenvalue weighted by atomic mass is 32.2. The summed E-state index contributed by atoms with van der Waals surface area (Å²) in [6.45, 7) is 1.91. The predicted molar refractivity (Wildman–Crippen MR) is 58.9 cm³/mol. The third kappa shape index (κ3) is 2.36. The van der Waals surface area contributed by atoms with Crippen molar-refractivity contribution in [3.05, 3.63) is 0 Å². The van der Waals surface area contributed by atoms with E-state index in [1.807, 2.05) is 0 Å². The molecule has 0 atom stereocenters. The first kappa shape index (κ1) is 11.8.